The Kier molecular flexibility index (Phi) is 5.05. The number of hydrogen-bond donors (Lipinski definition) is 2. The second kappa shape index (κ2) is 6.99. The Morgan fingerprint density at radius 3 is 2.71 bits per heavy atom. The van der Waals surface area contributed by atoms with Crippen LogP contribution in [0.15, 0.2) is 36.9 Å². The number of aliphatic hydroxyl groups excluding tert-OH is 1. The van der Waals surface area contributed by atoms with Crippen LogP contribution in [-0.2, 0) is 4.79 Å². The molecule has 3 rings (SSSR count). The van der Waals surface area contributed by atoms with Crippen LogP contribution in [0.5, 0.6) is 0 Å². The lowest BCUT2D eigenvalue weighted by Crippen LogP contribution is -2.08. The first-order chi connectivity index (χ1) is 10.1. The van der Waals surface area contributed by atoms with E-state index < -0.39 is 5.97 Å². The van der Waals surface area contributed by atoms with Gasteiger partial charge in [-0.15, -0.1) is 0 Å². The van der Waals surface area contributed by atoms with Gasteiger partial charge in [-0.25, -0.2) is 4.98 Å². The molecule has 6 heteroatoms. The lowest BCUT2D eigenvalue weighted by molar-refractivity contribution is -0.134. The highest BCUT2D eigenvalue weighted by Crippen LogP contribution is 2.32. The third-order valence-corrected chi connectivity index (χ3v) is 3.36. The fraction of sp³-hybridized carbons (Fsp3) is 0.400. The summed E-state index contributed by atoms with van der Waals surface area (Å²) in [6.45, 7) is 1.08. The SMILES string of the molecule is CC(=O)O.O[C@H]1CC[C@@H](n2ccnc2-c2cccnc2)C1. The van der Waals surface area contributed by atoms with Crippen molar-refractivity contribution in [2.24, 2.45) is 0 Å². The molecule has 1 saturated carbocycles. The topological polar surface area (TPSA) is 88.2 Å². The van der Waals surface area contributed by atoms with Crippen molar-refractivity contribution in [3.8, 4) is 11.4 Å². The summed E-state index contributed by atoms with van der Waals surface area (Å²) in [5.74, 6) is 0.109. The average molecular weight is 289 g/mol. The van der Waals surface area contributed by atoms with Gasteiger partial charge in [0.05, 0.1) is 6.10 Å². The van der Waals surface area contributed by atoms with Gasteiger partial charge < -0.3 is 14.8 Å². The number of carboxylic acids is 1. The van der Waals surface area contributed by atoms with Crippen molar-refractivity contribution in [3.63, 3.8) is 0 Å². The molecular weight excluding hydrogens is 270 g/mol. The summed E-state index contributed by atoms with van der Waals surface area (Å²) >= 11 is 0. The number of pyridine rings is 1. The van der Waals surface area contributed by atoms with Crippen molar-refractivity contribution in [2.45, 2.75) is 38.3 Å². The zero-order valence-electron chi connectivity index (χ0n) is 11.9. The fourth-order valence-electron chi connectivity index (χ4n) is 2.51. The highest BCUT2D eigenvalue weighted by atomic mass is 16.4. The van der Waals surface area contributed by atoms with Crippen LogP contribution in [0.4, 0.5) is 0 Å². The number of aliphatic carboxylic acids is 1. The maximum absolute atomic E-state index is 9.61. The number of rotatable bonds is 2. The second-order valence-corrected chi connectivity index (χ2v) is 5.04. The molecule has 0 unspecified atom stereocenters. The summed E-state index contributed by atoms with van der Waals surface area (Å²) in [6, 6.07) is 4.29. The van der Waals surface area contributed by atoms with Crippen LogP contribution in [0.25, 0.3) is 11.4 Å². The van der Waals surface area contributed by atoms with Crippen molar-refractivity contribution in [2.75, 3.05) is 0 Å². The van der Waals surface area contributed by atoms with E-state index >= 15 is 0 Å². The van der Waals surface area contributed by atoms with E-state index in [4.69, 9.17) is 9.90 Å². The predicted octanol–water partition coefficient (Wildman–Crippen LogP) is 2.12. The number of aliphatic hydroxyl groups is 1. The molecule has 2 aromatic rings. The predicted molar refractivity (Wildman–Crippen MR) is 77.7 cm³/mol. The maximum atomic E-state index is 9.61. The molecule has 0 aromatic carbocycles. The average Bonchev–Trinajstić information content (AvgIpc) is 3.07. The minimum atomic E-state index is -0.833. The molecule has 0 aliphatic heterocycles. The highest BCUT2D eigenvalue weighted by Gasteiger charge is 2.25. The van der Waals surface area contributed by atoms with E-state index in [1.165, 1.54) is 0 Å². The zero-order chi connectivity index (χ0) is 15.2. The molecule has 6 nitrogen and oxygen atoms in total. The minimum absolute atomic E-state index is 0.163. The van der Waals surface area contributed by atoms with E-state index in [1.54, 1.807) is 6.20 Å². The largest absolute Gasteiger partial charge is 0.481 e. The van der Waals surface area contributed by atoms with Gasteiger partial charge in [0.15, 0.2) is 0 Å². The first kappa shape index (κ1) is 15.2. The summed E-state index contributed by atoms with van der Waals surface area (Å²) in [7, 11) is 0. The van der Waals surface area contributed by atoms with E-state index in [1.807, 2.05) is 30.7 Å². The molecule has 112 valence electrons. The van der Waals surface area contributed by atoms with Crippen molar-refractivity contribution in [3.05, 3.63) is 36.9 Å². The smallest absolute Gasteiger partial charge is 0.300 e. The van der Waals surface area contributed by atoms with Crippen molar-refractivity contribution >= 4 is 5.97 Å². The molecule has 0 amide bonds. The molecule has 0 bridgehead atoms. The van der Waals surface area contributed by atoms with Gasteiger partial charge in [-0.2, -0.15) is 0 Å². The Morgan fingerprint density at radius 2 is 2.14 bits per heavy atom. The normalized spacial score (nSPS) is 20.7. The van der Waals surface area contributed by atoms with Crippen molar-refractivity contribution < 1.29 is 15.0 Å². The first-order valence-corrected chi connectivity index (χ1v) is 6.88. The van der Waals surface area contributed by atoms with Crippen LogP contribution in [-0.4, -0.2) is 36.8 Å². The molecule has 2 heterocycles. The summed E-state index contributed by atoms with van der Waals surface area (Å²) in [5.41, 5.74) is 1.03. The Labute approximate surface area is 123 Å². The summed E-state index contributed by atoms with van der Waals surface area (Å²) in [6.07, 6.45) is 9.95. The van der Waals surface area contributed by atoms with E-state index in [2.05, 4.69) is 14.5 Å². The molecule has 2 aromatic heterocycles. The highest BCUT2D eigenvalue weighted by molar-refractivity contribution is 5.63. The molecule has 1 fully saturated rings. The van der Waals surface area contributed by atoms with Crippen LogP contribution in [0, 0.1) is 0 Å². The third kappa shape index (κ3) is 4.13. The molecule has 0 saturated heterocycles. The molecular formula is C15H19N3O3. The van der Waals surface area contributed by atoms with Crippen LogP contribution in [0.1, 0.15) is 32.2 Å². The monoisotopic (exact) mass is 289 g/mol. The van der Waals surface area contributed by atoms with Gasteiger partial charge in [0.1, 0.15) is 5.82 Å². The molecule has 2 N–H and O–H groups in total. The number of nitrogens with zero attached hydrogens (tertiary/aromatic N) is 3. The van der Waals surface area contributed by atoms with Gasteiger partial charge in [0.2, 0.25) is 0 Å². The van der Waals surface area contributed by atoms with Crippen LogP contribution in [0.2, 0.25) is 0 Å². The molecule has 0 spiro atoms. The zero-order valence-corrected chi connectivity index (χ0v) is 11.9. The summed E-state index contributed by atoms with van der Waals surface area (Å²) in [5, 5.41) is 17.0. The van der Waals surface area contributed by atoms with Crippen LogP contribution >= 0.6 is 0 Å². The number of imidazole rings is 1. The lowest BCUT2D eigenvalue weighted by Gasteiger charge is -2.14. The van der Waals surface area contributed by atoms with Gasteiger partial charge >= 0.3 is 0 Å². The standard InChI is InChI=1S/C13H15N3O.C2H4O2/c17-12-4-3-11(8-12)16-7-6-15-13(16)10-2-1-5-14-9-10;1-2(3)4/h1-2,5-7,9,11-12,17H,3-4,8H2;1H3,(H,3,4)/t11-,12+;/m1./s1. The Morgan fingerprint density at radius 1 is 1.38 bits per heavy atom. The van der Waals surface area contributed by atoms with Crippen LogP contribution < -0.4 is 0 Å². The van der Waals surface area contributed by atoms with Gasteiger partial charge in [-0.1, -0.05) is 0 Å². The van der Waals surface area contributed by atoms with Gasteiger partial charge in [0.25, 0.3) is 5.97 Å². The minimum Gasteiger partial charge on any atom is -0.481 e. The molecule has 1 aliphatic rings. The molecule has 0 radical (unpaired) electrons. The van der Waals surface area contributed by atoms with E-state index in [0.717, 1.165) is 37.6 Å². The van der Waals surface area contributed by atoms with Crippen LogP contribution in [0.3, 0.4) is 0 Å². The van der Waals surface area contributed by atoms with Gasteiger partial charge in [0, 0.05) is 43.3 Å². The maximum Gasteiger partial charge on any atom is 0.300 e. The quantitative estimate of drug-likeness (QED) is 0.884. The number of carbonyl (C=O) groups is 1. The van der Waals surface area contributed by atoms with E-state index in [0.29, 0.717) is 6.04 Å². The van der Waals surface area contributed by atoms with E-state index in [9.17, 15) is 5.11 Å². The van der Waals surface area contributed by atoms with E-state index in [-0.39, 0.29) is 6.10 Å². The summed E-state index contributed by atoms with van der Waals surface area (Å²) < 4.78 is 2.16. The number of aromatic nitrogens is 3. The Hall–Kier alpha value is -2.21. The number of carboxylic acid groups (broad SMARTS) is 1. The summed E-state index contributed by atoms with van der Waals surface area (Å²) in [4.78, 5) is 17.5. The van der Waals surface area contributed by atoms with Gasteiger partial charge in [-0.3, -0.25) is 9.78 Å². The molecule has 21 heavy (non-hydrogen) atoms. The number of hydrogen-bond acceptors (Lipinski definition) is 4. The molecule has 2 atom stereocenters. The van der Waals surface area contributed by atoms with Gasteiger partial charge in [-0.05, 0) is 31.4 Å². The third-order valence-electron chi connectivity index (χ3n) is 3.36. The molecule has 1 aliphatic carbocycles. The van der Waals surface area contributed by atoms with Crippen molar-refractivity contribution in [1.82, 2.24) is 14.5 Å². The second-order valence-electron chi connectivity index (χ2n) is 5.04. The lowest BCUT2D eigenvalue weighted by atomic mass is 10.2. The first-order valence-electron chi connectivity index (χ1n) is 6.88. The fourth-order valence-corrected chi connectivity index (χ4v) is 2.51. The van der Waals surface area contributed by atoms with Crippen molar-refractivity contribution in [1.29, 1.82) is 0 Å². The Bertz CT molecular complexity index is 579. The Balaban J connectivity index is 0.000000361.